The Hall–Kier alpha value is -2.81. The molecule has 3 rings (SSSR count). The fourth-order valence-electron chi connectivity index (χ4n) is 2.00. The first-order valence-electron chi connectivity index (χ1n) is 6.28. The summed E-state index contributed by atoms with van der Waals surface area (Å²) in [6.45, 7) is 3.75. The molecule has 1 aromatic carbocycles. The second-order valence-corrected chi connectivity index (χ2v) is 5.80. The molecule has 0 amide bonds. The van der Waals surface area contributed by atoms with E-state index in [-0.39, 0.29) is 17.2 Å². The summed E-state index contributed by atoms with van der Waals surface area (Å²) < 4.78 is 5.24. The van der Waals surface area contributed by atoms with E-state index in [4.69, 9.17) is 10.3 Å². The Labute approximate surface area is 128 Å². The average molecular weight is 317 g/mol. The quantitative estimate of drug-likeness (QED) is 0.447. The lowest BCUT2D eigenvalue weighted by molar-refractivity contribution is -0.383. The highest BCUT2D eigenvalue weighted by Gasteiger charge is 2.18. The maximum atomic E-state index is 10.9. The summed E-state index contributed by atoms with van der Waals surface area (Å²) in [5, 5.41) is 15.7. The normalized spacial score (nSPS) is 10.8. The van der Waals surface area contributed by atoms with E-state index in [1.54, 1.807) is 6.07 Å². The first-order valence-corrected chi connectivity index (χ1v) is 7.09. The molecule has 0 aliphatic heterocycles. The molecule has 8 nitrogen and oxygen atoms in total. The summed E-state index contributed by atoms with van der Waals surface area (Å²) in [5.41, 5.74) is 6.75. The van der Waals surface area contributed by atoms with Crippen LogP contribution in [0.5, 0.6) is 0 Å². The van der Waals surface area contributed by atoms with E-state index in [1.807, 2.05) is 13.8 Å². The molecule has 0 atom stereocenters. The molecular weight excluding hydrogens is 306 g/mol. The van der Waals surface area contributed by atoms with Gasteiger partial charge < -0.3 is 10.3 Å². The maximum absolute atomic E-state index is 10.9. The van der Waals surface area contributed by atoms with Crippen molar-refractivity contribution in [3.05, 3.63) is 39.0 Å². The summed E-state index contributed by atoms with van der Waals surface area (Å²) in [6.07, 6.45) is 0. The van der Waals surface area contributed by atoms with Gasteiger partial charge in [0.25, 0.3) is 11.6 Å². The van der Waals surface area contributed by atoms with Gasteiger partial charge in [0.15, 0.2) is 0 Å². The van der Waals surface area contributed by atoms with E-state index in [2.05, 4.69) is 15.1 Å². The predicted molar refractivity (Wildman–Crippen MR) is 81.4 cm³/mol. The van der Waals surface area contributed by atoms with Gasteiger partial charge in [0.1, 0.15) is 10.6 Å². The highest BCUT2D eigenvalue weighted by atomic mass is 32.1. The van der Waals surface area contributed by atoms with Crippen LogP contribution in [0.25, 0.3) is 22.2 Å². The minimum atomic E-state index is -0.545. The molecule has 0 saturated carbocycles. The van der Waals surface area contributed by atoms with Crippen LogP contribution >= 0.6 is 11.3 Å². The van der Waals surface area contributed by atoms with Crippen molar-refractivity contribution in [2.24, 2.45) is 0 Å². The number of rotatable bonds is 3. The summed E-state index contributed by atoms with van der Waals surface area (Å²) in [4.78, 5) is 19.8. The molecule has 2 heterocycles. The lowest BCUT2D eigenvalue weighted by Gasteiger charge is -1.98. The molecule has 9 heteroatoms. The Morgan fingerprint density at radius 3 is 2.73 bits per heavy atom. The second-order valence-electron chi connectivity index (χ2n) is 4.60. The van der Waals surface area contributed by atoms with Crippen molar-refractivity contribution in [3.63, 3.8) is 0 Å². The van der Waals surface area contributed by atoms with Crippen LogP contribution < -0.4 is 5.73 Å². The lowest BCUT2D eigenvalue weighted by Crippen LogP contribution is -1.96. The first kappa shape index (κ1) is 14.1. The molecule has 3 aromatic rings. The summed E-state index contributed by atoms with van der Waals surface area (Å²) in [5.74, 6) is 0.612. The molecule has 0 aliphatic carbocycles. The van der Waals surface area contributed by atoms with Gasteiger partial charge in [-0.05, 0) is 26.0 Å². The minimum Gasteiger partial charge on any atom is -0.393 e. The molecule has 2 aromatic heterocycles. The molecule has 0 saturated heterocycles. The van der Waals surface area contributed by atoms with Gasteiger partial charge in [0.05, 0.1) is 15.6 Å². The summed E-state index contributed by atoms with van der Waals surface area (Å²) >= 11 is 1.45. The van der Waals surface area contributed by atoms with Crippen molar-refractivity contribution in [1.82, 2.24) is 15.1 Å². The Balaban J connectivity index is 2.03. The van der Waals surface area contributed by atoms with Crippen molar-refractivity contribution in [1.29, 1.82) is 0 Å². The predicted octanol–water partition coefficient (Wildman–Crippen LogP) is 2.97. The number of benzene rings is 1. The van der Waals surface area contributed by atoms with Gasteiger partial charge in [0.2, 0.25) is 5.82 Å². The fraction of sp³-hybridized carbons (Fsp3) is 0.154. The van der Waals surface area contributed by atoms with Crippen molar-refractivity contribution >= 4 is 22.7 Å². The standard InChI is InChI=1S/C13H11N5O3S/c1-6-11(22-7(2)15-6)13-16-12(17-21-13)8-3-4-9(14)10(5-8)18(19)20/h3-5H,14H2,1-2H3. The first-order chi connectivity index (χ1) is 10.5. The molecular formula is C13H11N5O3S. The van der Waals surface area contributed by atoms with Gasteiger partial charge >= 0.3 is 0 Å². The van der Waals surface area contributed by atoms with E-state index in [0.29, 0.717) is 11.5 Å². The highest BCUT2D eigenvalue weighted by molar-refractivity contribution is 7.15. The molecule has 22 heavy (non-hydrogen) atoms. The SMILES string of the molecule is Cc1nc(C)c(-c2nc(-c3ccc(N)c([N+](=O)[O-])c3)no2)s1. The van der Waals surface area contributed by atoms with Gasteiger partial charge in [-0.2, -0.15) is 4.98 Å². The number of nitrogens with two attached hydrogens (primary N) is 1. The zero-order valence-corrected chi connectivity index (χ0v) is 12.5. The number of aryl methyl sites for hydroxylation is 2. The molecule has 0 radical (unpaired) electrons. The Kier molecular flexibility index (Phi) is 3.33. The number of hydrogen-bond acceptors (Lipinski definition) is 8. The molecule has 0 unspecified atom stereocenters. The van der Waals surface area contributed by atoms with E-state index in [1.165, 1.54) is 23.5 Å². The van der Waals surface area contributed by atoms with Gasteiger partial charge in [0, 0.05) is 11.6 Å². The third kappa shape index (κ3) is 2.42. The van der Waals surface area contributed by atoms with E-state index >= 15 is 0 Å². The highest BCUT2D eigenvalue weighted by Crippen LogP contribution is 2.31. The number of nitrogens with zero attached hydrogens (tertiary/aromatic N) is 4. The molecule has 0 bridgehead atoms. The summed E-state index contributed by atoms with van der Waals surface area (Å²) in [6, 6.07) is 4.39. The van der Waals surface area contributed by atoms with Crippen LogP contribution in [0.2, 0.25) is 0 Å². The van der Waals surface area contributed by atoms with Crippen molar-refractivity contribution in [2.75, 3.05) is 5.73 Å². The van der Waals surface area contributed by atoms with Crippen LogP contribution in [-0.2, 0) is 0 Å². The smallest absolute Gasteiger partial charge is 0.292 e. The van der Waals surface area contributed by atoms with Crippen molar-refractivity contribution in [2.45, 2.75) is 13.8 Å². The number of nitro benzene ring substituents is 1. The van der Waals surface area contributed by atoms with Gasteiger partial charge in [-0.15, -0.1) is 11.3 Å². The molecule has 2 N–H and O–H groups in total. The third-order valence-corrected chi connectivity index (χ3v) is 4.07. The lowest BCUT2D eigenvalue weighted by atomic mass is 10.1. The molecule has 0 aliphatic rings. The largest absolute Gasteiger partial charge is 0.393 e. The average Bonchev–Trinajstić information content (AvgIpc) is 3.05. The molecule has 0 spiro atoms. The number of nitrogen functional groups attached to an aromatic ring is 1. The van der Waals surface area contributed by atoms with Crippen molar-refractivity contribution < 1.29 is 9.45 Å². The van der Waals surface area contributed by atoms with Crippen LogP contribution in [0.15, 0.2) is 22.7 Å². The van der Waals surface area contributed by atoms with Gasteiger partial charge in [-0.25, -0.2) is 4.98 Å². The second kappa shape index (κ2) is 5.19. The zero-order chi connectivity index (χ0) is 15.9. The Morgan fingerprint density at radius 1 is 1.32 bits per heavy atom. The van der Waals surface area contributed by atoms with Crippen LogP contribution in [-0.4, -0.2) is 20.0 Å². The fourth-order valence-corrected chi connectivity index (χ4v) is 2.85. The minimum absolute atomic E-state index is 0.0893. The van der Waals surface area contributed by atoms with Crippen LogP contribution in [0.1, 0.15) is 10.7 Å². The van der Waals surface area contributed by atoms with Gasteiger partial charge in [-0.1, -0.05) is 5.16 Å². The molecule has 0 fully saturated rings. The Bertz CT molecular complexity index is 870. The van der Waals surface area contributed by atoms with Crippen molar-refractivity contribution in [3.8, 4) is 22.2 Å². The monoisotopic (exact) mass is 317 g/mol. The van der Waals surface area contributed by atoms with E-state index < -0.39 is 4.92 Å². The van der Waals surface area contributed by atoms with Crippen LogP contribution in [0.3, 0.4) is 0 Å². The van der Waals surface area contributed by atoms with Gasteiger partial charge in [-0.3, -0.25) is 10.1 Å². The number of nitro groups is 1. The maximum Gasteiger partial charge on any atom is 0.292 e. The zero-order valence-electron chi connectivity index (χ0n) is 11.7. The Morgan fingerprint density at radius 2 is 2.09 bits per heavy atom. The number of aromatic nitrogens is 3. The number of hydrogen-bond donors (Lipinski definition) is 1. The topological polar surface area (TPSA) is 121 Å². The van der Waals surface area contributed by atoms with Crippen LogP contribution in [0, 0.1) is 24.0 Å². The number of anilines is 1. The third-order valence-electron chi connectivity index (χ3n) is 3.01. The van der Waals surface area contributed by atoms with Crippen LogP contribution in [0.4, 0.5) is 11.4 Å². The molecule has 112 valence electrons. The van der Waals surface area contributed by atoms with E-state index in [0.717, 1.165) is 15.6 Å². The number of thiazole rings is 1. The van der Waals surface area contributed by atoms with E-state index in [9.17, 15) is 10.1 Å². The summed E-state index contributed by atoms with van der Waals surface area (Å²) in [7, 11) is 0.